The highest BCUT2D eigenvalue weighted by atomic mass is 19.1. The molecule has 0 amide bonds. The Morgan fingerprint density at radius 2 is 1.01 bits per heavy atom. The van der Waals surface area contributed by atoms with E-state index in [1.165, 1.54) is 18.7 Å². The van der Waals surface area contributed by atoms with Crippen molar-refractivity contribution in [1.82, 2.24) is 34.8 Å². The summed E-state index contributed by atoms with van der Waals surface area (Å²) in [6, 6.07) is 30.1. The number of ether oxygens (including phenoxy) is 2. The lowest BCUT2D eigenvalue weighted by molar-refractivity contribution is -0.0136. The molecular weight excluding hydrogens is 919 g/mol. The summed E-state index contributed by atoms with van der Waals surface area (Å²) in [5, 5.41) is 35.9. The van der Waals surface area contributed by atoms with Crippen LogP contribution in [0.15, 0.2) is 119 Å². The van der Waals surface area contributed by atoms with Crippen LogP contribution < -0.4 is 16.7 Å². The third kappa shape index (κ3) is 12.3. The second-order valence-electron chi connectivity index (χ2n) is 19.0. The number of rotatable bonds is 20. The molecule has 2 fully saturated rings. The van der Waals surface area contributed by atoms with Crippen molar-refractivity contribution in [3.8, 4) is 0 Å². The number of piperidine rings is 1. The van der Waals surface area contributed by atoms with Crippen LogP contribution in [-0.2, 0) is 58.2 Å². The average Bonchev–Trinajstić information content (AvgIpc) is 4.06. The summed E-state index contributed by atoms with van der Waals surface area (Å²) in [5.74, 6) is 0. The van der Waals surface area contributed by atoms with Gasteiger partial charge in [-0.05, 0) is 110 Å². The number of aliphatic hydroxyl groups excluding tert-OH is 2. The van der Waals surface area contributed by atoms with Gasteiger partial charge >= 0.3 is 11.4 Å². The van der Waals surface area contributed by atoms with E-state index in [-0.39, 0.29) is 49.6 Å². The number of benzene rings is 4. The van der Waals surface area contributed by atoms with Crippen molar-refractivity contribution in [3.05, 3.63) is 175 Å². The first-order valence-corrected chi connectivity index (χ1v) is 24.0. The minimum absolute atomic E-state index is 0. The highest BCUT2D eigenvalue weighted by Crippen LogP contribution is 2.48. The Balaban J connectivity index is 0.000000229. The highest BCUT2D eigenvalue weighted by Gasteiger charge is 2.47. The van der Waals surface area contributed by atoms with E-state index in [1.54, 1.807) is 39.5 Å². The summed E-state index contributed by atoms with van der Waals surface area (Å²) < 4.78 is 69.1. The molecule has 1 saturated carbocycles. The Morgan fingerprint density at radius 1 is 0.592 bits per heavy atom. The monoisotopic (exact) mass is 988 g/mol. The number of aromatic amines is 2. The summed E-state index contributed by atoms with van der Waals surface area (Å²) in [4.78, 5) is 24.8. The Hall–Kier alpha value is -5.72. The van der Waals surface area contributed by atoms with E-state index >= 15 is 0 Å². The van der Waals surface area contributed by atoms with Crippen LogP contribution in [0, 0.1) is 0 Å². The van der Waals surface area contributed by atoms with Crippen molar-refractivity contribution in [1.29, 1.82) is 0 Å². The molecule has 6 aromatic rings. The van der Waals surface area contributed by atoms with E-state index in [1.807, 2.05) is 62.4 Å². The van der Waals surface area contributed by atoms with E-state index in [0.717, 1.165) is 35.1 Å². The predicted octanol–water partition coefficient (Wildman–Crippen LogP) is 9.16. The number of halogens is 4. The van der Waals surface area contributed by atoms with Crippen LogP contribution >= 0.6 is 0 Å². The van der Waals surface area contributed by atoms with Crippen molar-refractivity contribution >= 4 is 0 Å². The summed E-state index contributed by atoms with van der Waals surface area (Å²) >= 11 is 0. The number of H-pyrrole nitrogens is 2. The van der Waals surface area contributed by atoms with Crippen LogP contribution in [-0.4, -0.2) is 72.7 Å². The van der Waals surface area contributed by atoms with Crippen LogP contribution in [0.4, 0.5) is 17.6 Å². The topological polar surface area (TPSA) is 172 Å². The Bertz CT molecular complexity index is 2450. The zero-order valence-electron chi connectivity index (χ0n) is 39.9. The molecule has 17 heteroatoms. The largest absolute Gasteiger partial charge is 0.396 e. The molecule has 71 heavy (non-hydrogen) atoms. The lowest BCUT2D eigenvalue weighted by Crippen LogP contribution is -2.60. The third-order valence-electron chi connectivity index (χ3n) is 14.8. The maximum atomic E-state index is 13.3. The van der Waals surface area contributed by atoms with Gasteiger partial charge in [0.15, 0.2) is 0 Å². The summed E-state index contributed by atoms with van der Waals surface area (Å²) in [6.07, 6.45) is 7.29. The van der Waals surface area contributed by atoms with Gasteiger partial charge in [0.1, 0.15) is 39.4 Å². The molecule has 1 saturated heterocycles. The molecule has 0 spiro atoms. The van der Waals surface area contributed by atoms with Gasteiger partial charge in [0.2, 0.25) is 0 Å². The Morgan fingerprint density at radius 3 is 1.42 bits per heavy atom. The molecule has 0 unspecified atom stereocenters. The summed E-state index contributed by atoms with van der Waals surface area (Å²) in [5.41, 5.74) is 2.90. The summed E-state index contributed by atoms with van der Waals surface area (Å²) in [7, 11) is 0. The van der Waals surface area contributed by atoms with Crippen LogP contribution in [0.3, 0.4) is 0 Å². The lowest BCUT2D eigenvalue weighted by Gasteiger charge is -2.48. The second-order valence-corrected chi connectivity index (χ2v) is 19.0. The smallest absolute Gasteiger partial charge is 0.343 e. The van der Waals surface area contributed by atoms with E-state index < -0.39 is 43.3 Å². The fourth-order valence-electron chi connectivity index (χ4n) is 10.5. The molecule has 0 bridgehead atoms. The van der Waals surface area contributed by atoms with Gasteiger partial charge in [0, 0.05) is 25.2 Å². The Kier molecular flexibility index (Phi) is 18.9. The van der Waals surface area contributed by atoms with Gasteiger partial charge in [-0.15, -0.1) is 0 Å². The van der Waals surface area contributed by atoms with E-state index in [0.29, 0.717) is 80.5 Å². The highest BCUT2D eigenvalue weighted by molar-refractivity contribution is 5.33. The minimum Gasteiger partial charge on any atom is -0.396 e. The van der Waals surface area contributed by atoms with Gasteiger partial charge in [-0.25, -0.2) is 37.3 Å². The third-order valence-corrected chi connectivity index (χ3v) is 14.8. The SMILES string of the molecule is C.C[C@@H](OCC1(c2ccccc2)CCC(CCO)(n2cn[nH]c2=O)CC1)c1cc(CF)cc(CF)c1.C[C@@H](OC[C@@]1(c2ccccc2)CC[C@](CCO)(n2cn[nH]c2=O)CN1)c1cc(CF)cc(CF)c1. The first-order valence-electron chi connectivity index (χ1n) is 24.0. The minimum atomic E-state index is -0.663. The zero-order chi connectivity index (χ0) is 49.8. The second kappa shape index (κ2) is 24.6. The van der Waals surface area contributed by atoms with Gasteiger partial charge in [-0.2, -0.15) is 10.2 Å². The molecule has 2 aliphatic rings. The zero-order valence-corrected chi connectivity index (χ0v) is 39.9. The quantitative estimate of drug-likeness (QED) is 0.0468. The molecule has 0 radical (unpaired) electrons. The molecule has 3 heterocycles. The number of hydrogen-bond donors (Lipinski definition) is 5. The van der Waals surface area contributed by atoms with Gasteiger partial charge in [0.25, 0.3) is 0 Å². The molecule has 13 nitrogen and oxygen atoms in total. The van der Waals surface area contributed by atoms with Crippen molar-refractivity contribution in [3.63, 3.8) is 0 Å². The maximum Gasteiger partial charge on any atom is 0.343 e. The van der Waals surface area contributed by atoms with Crippen molar-refractivity contribution < 1.29 is 37.2 Å². The number of aliphatic hydroxyl groups is 2. The van der Waals surface area contributed by atoms with E-state index in [9.17, 15) is 37.4 Å². The number of alkyl halides is 4. The molecule has 1 aliphatic carbocycles. The summed E-state index contributed by atoms with van der Waals surface area (Å²) in [6.45, 7) is 2.25. The Labute approximate surface area is 412 Å². The molecule has 4 atom stereocenters. The maximum absolute atomic E-state index is 13.3. The van der Waals surface area contributed by atoms with Crippen LogP contribution in [0.1, 0.15) is 129 Å². The molecule has 5 N–H and O–H groups in total. The molecule has 2 aromatic heterocycles. The van der Waals surface area contributed by atoms with Crippen LogP contribution in [0.2, 0.25) is 0 Å². The van der Waals surface area contributed by atoms with Gasteiger partial charge in [-0.3, -0.25) is 9.13 Å². The van der Waals surface area contributed by atoms with Gasteiger partial charge in [-0.1, -0.05) is 104 Å². The van der Waals surface area contributed by atoms with Crippen molar-refractivity contribution in [2.45, 2.75) is 134 Å². The van der Waals surface area contributed by atoms with Gasteiger partial charge < -0.3 is 25.0 Å². The normalized spacial score (nSPS) is 23.0. The molecule has 4 aromatic carbocycles. The number of hydrogen-bond acceptors (Lipinski definition) is 9. The molecule has 8 rings (SSSR count). The standard InChI is InChI=1S/C27H33F2N3O3.C26H32F2N4O3.CH4/c1-20(23-14-21(16-28)13-22(15-23)17-29)35-18-26(24-5-3-2-4-6-24)7-9-27(10-8-26,11-12-33)32-19-30-31-25(32)34;1-19(22-12-20(14-27)11-21(13-22)15-28)35-17-26(23-5-3-2-4-6-23)8-7-25(9-10-33,16-29-26)32-18-30-31-24(32)34;/h2-6,13-15,19-20,33H,7-12,16-18H2,1H3,(H,31,34);2-6,11-13,18-19,29,33H,7-10,14-17H2,1H3,(H,31,34);1H4/t20-,26?,27?;19-,25-,26-;/m11./s1. The first kappa shape index (κ1) is 54.6. The van der Waals surface area contributed by atoms with E-state index in [2.05, 4.69) is 37.8 Å². The first-order chi connectivity index (χ1) is 33.9. The fourth-order valence-corrected chi connectivity index (χ4v) is 10.5. The average molecular weight is 988 g/mol. The number of nitrogens with one attached hydrogen (secondary N) is 3. The lowest BCUT2D eigenvalue weighted by atomic mass is 9.63. The van der Waals surface area contributed by atoms with Crippen molar-refractivity contribution in [2.75, 3.05) is 33.0 Å². The van der Waals surface area contributed by atoms with E-state index in [4.69, 9.17) is 9.47 Å². The van der Waals surface area contributed by atoms with Crippen LogP contribution in [0.5, 0.6) is 0 Å². The number of aromatic nitrogens is 6. The fraction of sp³-hybridized carbons (Fsp3) is 0.481. The van der Waals surface area contributed by atoms with Crippen molar-refractivity contribution in [2.24, 2.45) is 0 Å². The van der Waals surface area contributed by atoms with Crippen LogP contribution in [0.25, 0.3) is 0 Å². The molecular formula is C54H69F4N7O6. The molecule has 384 valence electrons. The molecule has 1 aliphatic heterocycles. The predicted molar refractivity (Wildman–Crippen MR) is 265 cm³/mol. The van der Waals surface area contributed by atoms with Gasteiger partial charge in [0.05, 0.1) is 42.0 Å². The number of nitrogens with zero attached hydrogens (tertiary/aromatic N) is 4.